The van der Waals surface area contributed by atoms with Crippen molar-refractivity contribution >= 4 is 21.6 Å². The molecule has 0 aliphatic carbocycles. The third-order valence-corrected chi connectivity index (χ3v) is 3.32. The van der Waals surface area contributed by atoms with Gasteiger partial charge in [0.1, 0.15) is 0 Å². The van der Waals surface area contributed by atoms with Gasteiger partial charge in [-0.1, -0.05) is 19.9 Å². The minimum absolute atomic E-state index is 0.0880. The molecule has 0 aromatic heterocycles. The molecule has 0 spiro atoms. The number of aliphatic hydroxyl groups is 1. The molecule has 1 rings (SSSR count). The first-order valence-corrected chi connectivity index (χ1v) is 6.91. The molecule has 17 heavy (non-hydrogen) atoms. The van der Waals surface area contributed by atoms with Crippen LogP contribution in [0.25, 0.3) is 0 Å². The van der Waals surface area contributed by atoms with Crippen LogP contribution in [-0.4, -0.2) is 17.7 Å². The molecule has 1 aromatic carbocycles. The molecule has 96 valence electrons. The van der Waals surface area contributed by atoms with Crippen molar-refractivity contribution in [2.24, 2.45) is 5.92 Å². The number of halogens is 1. The molecule has 0 fully saturated rings. The van der Waals surface area contributed by atoms with Crippen molar-refractivity contribution in [3.63, 3.8) is 0 Å². The van der Waals surface area contributed by atoms with Gasteiger partial charge in [0.15, 0.2) is 0 Å². The molecule has 1 aromatic rings. The number of aliphatic hydroxyl groups excluding tert-OH is 1. The van der Waals surface area contributed by atoms with E-state index in [1.165, 1.54) is 5.69 Å². The summed E-state index contributed by atoms with van der Waals surface area (Å²) in [7, 11) is 0. The predicted octanol–water partition coefficient (Wildman–Crippen LogP) is 3.81. The lowest BCUT2D eigenvalue weighted by atomic mass is 10.1. The van der Waals surface area contributed by atoms with Crippen LogP contribution in [0.4, 0.5) is 5.69 Å². The Labute approximate surface area is 113 Å². The van der Waals surface area contributed by atoms with Crippen molar-refractivity contribution in [3.05, 3.63) is 28.2 Å². The standard InChI is InChI=1S/C14H22BrNO/c1-10(2)8-16(11(3)4)14-6-5-12(9-17)7-13(14)15/h5-7,10-11,17H,8-9H2,1-4H3. The zero-order valence-electron chi connectivity index (χ0n) is 11.1. The van der Waals surface area contributed by atoms with Gasteiger partial charge in [0.25, 0.3) is 0 Å². The Hall–Kier alpha value is -0.540. The third kappa shape index (κ3) is 4.00. The normalized spacial score (nSPS) is 11.3. The number of hydrogen-bond donors (Lipinski definition) is 1. The molecule has 3 heteroatoms. The molecular formula is C14H22BrNO. The highest BCUT2D eigenvalue weighted by atomic mass is 79.9. The molecule has 0 heterocycles. The van der Waals surface area contributed by atoms with Gasteiger partial charge < -0.3 is 10.0 Å². The zero-order valence-corrected chi connectivity index (χ0v) is 12.7. The lowest BCUT2D eigenvalue weighted by Crippen LogP contribution is -2.34. The molecule has 0 bridgehead atoms. The molecule has 1 N–H and O–H groups in total. The van der Waals surface area contributed by atoms with Crippen molar-refractivity contribution < 1.29 is 5.11 Å². The van der Waals surface area contributed by atoms with E-state index in [1.807, 2.05) is 12.1 Å². The van der Waals surface area contributed by atoms with Crippen LogP contribution in [0.2, 0.25) is 0 Å². The molecule has 0 radical (unpaired) electrons. The molecule has 0 saturated carbocycles. The third-order valence-electron chi connectivity index (χ3n) is 2.69. The summed E-state index contributed by atoms with van der Waals surface area (Å²) in [5.41, 5.74) is 2.14. The summed E-state index contributed by atoms with van der Waals surface area (Å²) in [5.74, 6) is 0.627. The van der Waals surface area contributed by atoms with E-state index in [2.05, 4.69) is 54.6 Å². The fourth-order valence-electron chi connectivity index (χ4n) is 1.86. The summed E-state index contributed by atoms with van der Waals surface area (Å²) in [6, 6.07) is 6.52. The predicted molar refractivity (Wildman–Crippen MR) is 77.4 cm³/mol. The van der Waals surface area contributed by atoms with E-state index in [4.69, 9.17) is 5.11 Å². The Bertz CT molecular complexity index is 363. The number of nitrogens with zero attached hydrogens (tertiary/aromatic N) is 1. The topological polar surface area (TPSA) is 23.5 Å². The van der Waals surface area contributed by atoms with Gasteiger partial charge in [-0.05, 0) is 53.4 Å². The molecule has 2 nitrogen and oxygen atoms in total. The molecule has 0 atom stereocenters. The Morgan fingerprint density at radius 2 is 1.88 bits per heavy atom. The Morgan fingerprint density at radius 3 is 2.29 bits per heavy atom. The minimum atomic E-state index is 0.0880. The summed E-state index contributed by atoms with van der Waals surface area (Å²) in [5, 5.41) is 9.11. The molecule has 0 amide bonds. The SMILES string of the molecule is CC(C)CN(c1ccc(CO)cc1Br)C(C)C. The van der Waals surface area contributed by atoms with E-state index < -0.39 is 0 Å². The highest BCUT2D eigenvalue weighted by Crippen LogP contribution is 2.29. The van der Waals surface area contributed by atoms with Crippen LogP contribution in [-0.2, 0) is 6.61 Å². The summed E-state index contributed by atoms with van der Waals surface area (Å²) >= 11 is 3.59. The maximum absolute atomic E-state index is 9.11. The Balaban J connectivity index is 3.01. The quantitative estimate of drug-likeness (QED) is 0.894. The summed E-state index contributed by atoms with van der Waals surface area (Å²) in [6.45, 7) is 9.99. The molecular weight excluding hydrogens is 278 g/mol. The Morgan fingerprint density at radius 1 is 1.24 bits per heavy atom. The van der Waals surface area contributed by atoms with E-state index >= 15 is 0 Å². The van der Waals surface area contributed by atoms with Crippen LogP contribution >= 0.6 is 15.9 Å². The van der Waals surface area contributed by atoms with Crippen molar-refractivity contribution in [2.45, 2.75) is 40.3 Å². The van der Waals surface area contributed by atoms with Crippen LogP contribution in [0.15, 0.2) is 22.7 Å². The number of anilines is 1. The lowest BCUT2D eigenvalue weighted by Gasteiger charge is -2.31. The maximum atomic E-state index is 9.11. The van der Waals surface area contributed by atoms with Crippen LogP contribution in [0.3, 0.4) is 0 Å². The van der Waals surface area contributed by atoms with Gasteiger partial charge in [-0.25, -0.2) is 0 Å². The van der Waals surface area contributed by atoms with Gasteiger partial charge in [0.05, 0.1) is 12.3 Å². The van der Waals surface area contributed by atoms with Crippen molar-refractivity contribution in [1.82, 2.24) is 0 Å². The zero-order chi connectivity index (χ0) is 13.0. The van der Waals surface area contributed by atoms with Crippen LogP contribution in [0.1, 0.15) is 33.3 Å². The van der Waals surface area contributed by atoms with Crippen LogP contribution in [0.5, 0.6) is 0 Å². The van der Waals surface area contributed by atoms with Crippen LogP contribution < -0.4 is 4.90 Å². The Kier molecular flexibility index (Phi) is 5.47. The largest absolute Gasteiger partial charge is 0.392 e. The van der Waals surface area contributed by atoms with Gasteiger partial charge in [0.2, 0.25) is 0 Å². The van der Waals surface area contributed by atoms with E-state index in [-0.39, 0.29) is 6.61 Å². The second kappa shape index (κ2) is 6.41. The summed E-state index contributed by atoms with van der Waals surface area (Å²) < 4.78 is 1.05. The van der Waals surface area contributed by atoms with Gasteiger partial charge in [-0.2, -0.15) is 0 Å². The highest BCUT2D eigenvalue weighted by Gasteiger charge is 2.15. The first-order chi connectivity index (χ1) is 7.95. The van der Waals surface area contributed by atoms with Crippen molar-refractivity contribution in [2.75, 3.05) is 11.4 Å². The monoisotopic (exact) mass is 299 g/mol. The van der Waals surface area contributed by atoms with E-state index in [0.717, 1.165) is 16.6 Å². The second-order valence-corrected chi connectivity index (χ2v) is 5.94. The molecule has 0 saturated heterocycles. The van der Waals surface area contributed by atoms with Crippen molar-refractivity contribution in [3.8, 4) is 0 Å². The summed E-state index contributed by atoms with van der Waals surface area (Å²) in [6.07, 6.45) is 0. The van der Waals surface area contributed by atoms with E-state index in [0.29, 0.717) is 12.0 Å². The molecule has 0 aliphatic heterocycles. The molecule has 0 unspecified atom stereocenters. The van der Waals surface area contributed by atoms with Gasteiger partial charge >= 0.3 is 0 Å². The highest BCUT2D eigenvalue weighted by molar-refractivity contribution is 9.10. The van der Waals surface area contributed by atoms with Crippen LogP contribution in [0, 0.1) is 5.92 Å². The lowest BCUT2D eigenvalue weighted by molar-refractivity contribution is 0.282. The van der Waals surface area contributed by atoms with Crippen molar-refractivity contribution in [1.29, 1.82) is 0 Å². The maximum Gasteiger partial charge on any atom is 0.0682 e. The molecule has 0 aliphatic rings. The first-order valence-electron chi connectivity index (χ1n) is 6.11. The number of benzene rings is 1. The van der Waals surface area contributed by atoms with Gasteiger partial charge in [-0.3, -0.25) is 0 Å². The van der Waals surface area contributed by atoms with Gasteiger partial charge in [-0.15, -0.1) is 0 Å². The minimum Gasteiger partial charge on any atom is -0.392 e. The fourth-order valence-corrected chi connectivity index (χ4v) is 2.52. The van der Waals surface area contributed by atoms with E-state index in [1.54, 1.807) is 0 Å². The van der Waals surface area contributed by atoms with Gasteiger partial charge in [0, 0.05) is 17.1 Å². The average Bonchev–Trinajstić information content (AvgIpc) is 2.25. The summed E-state index contributed by atoms with van der Waals surface area (Å²) in [4.78, 5) is 2.38. The number of hydrogen-bond acceptors (Lipinski definition) is 2. The fraction of sp³-hybridized carbons (Fsp3) is 0.571. The second-order valence-electron chi connectivity index (χ2n) is 5.08. The number of rotatable bonds is 5. The van der Waals surface area contributed by atoms with E-state index in [9.17, 15) is 0 Å². The first kappa shape index (κ1) is 14.5. The average molecular weight is 300 g/mol. The smallest absolute Gasteiger partial charge is 0.0682 e.